The van der Waals surface area contributed by atoms with E-state index in [1.165, 1.54) is 6.20 Å². The van der Waals surface area contributed by atoms with Crippen molar-refractivity contribution < 1.29 is 18.3 Å². The van der Waals surface area contributed by atoms with E-state index in [1.54, 1.807) is 18.2 Å². The van der Waals surface area contributed by atoms with E-state index < -0.39 is 6.61 Å². The highest BCUT2D eigenvalue weighted by atomic mass is 35.5. The maximum atomic E-state index is 13.1. The fraction of sp³-hybridized carbons (Fsp3) is 0.261. The minimum absolute atomic E-state index is 0.0263. The van der Waals surface area contributed by atoms with Gasteiger partial charge in [0.15, 0.2) is 11.6 Å². The van der Waals surface area contributed by atoms with E-state index in [9.17, 15) is 13.6 Å². The van der Waals surface area contributed by atoms with E-state index in [0.29, 0.717) is 17.8 Å². The number of halogens is 3. The molecule has 2 aliphatic heterocycles. The van der Waals surface area contributed by atoms with Gasteiger partial charge in [-0.2, -0.15) is 13.8 Å². The maximum Gasteiger partial charge on any atom is 0.387 e. The number of nitrogens with one attached hydrogen (secondary N) is 4. The van der Waals surface area contributed by atoms with Gasteiger partial charge in [0.1, 0.15) is 5.02 Å². The maximum absolute atomic E-state index is 13.1. The van der Waals surface area contributed by atoms with Crippen molar-refractivity contribution in [3.05, 3.63) is 58.7 Å². The van der Waals surface area contributed by atoms with Crippen LogP contribution < -0.4 is 30.9 Å². The lowest BCUT2D eigenvalue weighted by Crippen LogP contribution is -2.43. The van der Waals surface area contributed by atoms with Crippen molar-refractivity contribution in [1.29, 1.82) is 0 Å². The zero-order chi connectivity index (χ0) is 24.4. The van der Waals surface area contributed by atoms with Crippen LogP contribution in [0, 0.1) is 0 Å². The standard InChI is InChI=1S/C23H22ClF2N7O2/c24-15-12-29-23(32-20(15)30-17-3-1-2-13-11-28-21(34)19(13)17)31-16-5-4-14(10-18(16)35-22(25)26)33-8-6-27-7-9-33/h1-5,10,12,22,27H,6-9,11H2,(H,28,34)(H2,29,30,31,32). The van der Waals surface area contributed by atoms with E-state index in [4.69, 9.17) is 16.3 Å². The van der Waals surface area contributed by atoms with E-state index in [1.807, 2.05) is 18.2 Å². The molecule has 0 spiro atoms. The molecule has 182 valence electrons. The van der Waals surface area contributed by atoms with Crippen LogP contribution in [0.1, 0.15) is 15.9 Å². The summed E-state index contributed by atoms with van der Waals surface area (Å²) in [7, 11) is 0. The number of nitrogens with zero attached hydrogens (tertiary/aromatic N) is 3. The van der Waals surface area contributed by atoms with Crippen molar-refractivity contribution in [2.45, 2.75) is 13.2 Å². The van der Waals surface area contributed by atoms with Crippen molar-refractivity contribution >= 4 is 46.3 Å². The second kappa shape index (κ2) is 9.88. The largest absolute Gasteiger partial charge is 0.433 e. The fourth-order valence-electron chi connectivity index (χ4n) is 4.07. The Bertz CT molecular complexity index is 1250. The number of rotatable bonds is 7. The third kappa shape index (κ3) is 5.05. The SMILES string of the molecule is O=C1NCc2cccc(Nc3nc(Nc4ccc(N5CCNCC5)cc4OC(F)F)ncc3Cl)c21. The molecule has 1 amide bonds. The number of ether oxygens (including phenoxy) is 1. The molecule has 0 aliphatic carbocycles. The molecule has 0 unspecified atom stereocenters. The third-order valence-corrected chi connectivity index (χ3v) is 6.00. The molecule has 3 aromatic rings. The second-order valence-corrected chi connectivity index (χ2v) is 8.37. The summed E-state index contributed by atoms with van der Waals surface area (Å²) in [6.45, 7) is 0.598. The summed E-state index contributed by atoms with van der Waals surface area (Å²) in [4.78, 5) is 22.9. The van der Waals surface area contributed by atoms with Crippen LogP contribution in [0.4, 0.5) is 37.6 Å². The van der Waals surface area contributed by atoms with Gasteiger partial charge in [0.25, 0.3) is 5.91 Å². The third-order valence-electron chi connectivity index (χ3n) is 5.72. The van der Waals surface area contributed by atoms with Crippen molar-refractivity contribution in [2.75, 3.05) is 41.7 Å². The number of benzene rings is 2. The Morgan fingerprint density at radius 3 is 2.74 bits per heavy atom. The zero-order valence-electron chi connectivity index (χ0n) is 18.4. The minimum atomic E-state index is -3.00. The van der Waals surface area contributed by atoms with E-state index >= 15 is 0 Å². The average molecular weight is 502 g/mol. The summed E-state index contributed by atoms with van der Waals surface area (Å²) >= 11 is 6.29. The Hall–Kier alpha value is -3.70. The molecule has 1 saturated heterocycles. The number of hydrogen-bond donors (Lipinski definition) is 4. The predicted molar refractivity (Wildman–Crippen MR) is 129 cm³/mol. The van der Waals surface area contributed by atoms with Gasteiger partial charge in [-0.3, -0.25) is 4.79 Å². The molecule has 3 heterocycles. The molecule has 35 heavy (non-hydrogen) atoms. The van der Waals surface area contributed by atoms with E-state index in [2.05, 4.69) is 36.1 Å². The number of fused-ring (bicyclic) bond motifs is 1. The zero-order valence-corrected chi connectivity index (χ0v) is 19.2. The van der Waals surface area contributed by atoms with E-state index in [-0.39, 0.29) is 34.1 Å². The molecule has 0 atom stereocenters. The number of piperazine rings is 1. The molecule has 4 N–H and O–H groups in total. The van der Waals surface area contributed by atoms with Crippen molar-refractivity contribution in [3.63, 3.8) is 0 Å². The topological polar surface area (TPSA) is 103 Å². The molecule has 5 rings (SSSR count). The number of carbonyl (C=O) groups excluding carboxylic acids is 1. The van der Waals surface area contributed by atoms with E-state index in [0.717, 1.165) is 37.4 Å². The van der Waals surface area contributed by atoms with Gasteiger partial charge in [-0.25, -0.2) is 4.98 Å². The first-order chi connectivity index (χ1) is 17.0. The molecule has 0 saturated carbocycles. The molecule has 2 aliphatic rings. The number of anilines is 5. The highest BCUT2D eigenvalue weighted by Crippen LogP contribution is 2.34. The molecular formula is C23H22ClF2N7O2. The molecule has 0 radical (unpaired) electrons. The van der Waals surface area contributed by atoms with Crippen LogP contribution in [-0.2, 0) is 6.54 Å². The number of carbonyl (C=O) groups is 1. The second-order valence-electron chi connectivity index (χ2n) is 7.96. The average Bonchev–Trinajstić information content (AvgIpc) is 3.24. The number of hydrogen-bond acceptors (Lipinski definition) is 8. The molecule has 2 aromatic carbocycles. The van der Waals surface area contributed by atoms with Crippen LogP contribution in [0.5, 0.6) is 5.75 Å². The van der Waals surface area contributed by atoms with Crippen LogP contribution in [0.3, 0.4) is 0 Å². The minimum Gasteiger partial charge on any atom is -0.433 e. The fourth-order valence-corrected chi connectivity index (χ4v) is 4.21. The Kier molecular flexibility index (Phi) is 6.51. The first kappa shape index (κ1) is 23.1. The number of aromatic nitrogens is 2. The molecular weight excluding hydrogens is 480 g/mol. The van der Waals surface area contributed by atoms with Gasteiger partial charge in [-0.15, -0.1) is 0 Å². The summed E-state index contributed by atoms with van der Waals surface area (Å²) in [6.07, 6.45) is 1.38. The Morgan fingerprint density at radius 1 is 1.11 bits per heavy atom. The lowest BCUT2D eigenvalue weighted by molar-refractivity contribution is -0.0493. The van der Waals surface area contributed by atoms with Crippen LogP contribution in [0.25, 0.3) is 0 Å². The molecule has 1 fully saturated rings. The summed E-state index contributed by atoms with van der Waals surface area (Å²) in [5, 5.41) is 12.3. The van der Waals surface area contributed by atoms with Gasteiger partial charge in [-0.05, 0) is 23.8 Å². The Labute approximate surface area is 204 Å². The van der Waals surface area contributed by atoms with Crippen molar-refractivity contribution in [2.24, 2.45) is 0 Å². The van der Waals surface area contributed by atoms with Crippen molar-refractivity contribution in [3.8, 4) is 5.75 Å². The van der Waals surface area contributed by atoms with Crippen LogP contribution in [0.15, 0.2) is 42.6 Å². The van der Waals surface area contributed by atoms with Gasteiger partial charge in [-0.1, -0.05) is 23.7 Å². The Morgan fingerprint density at radius 2 is 1.94 bits per heavy atom. The van der Waals surface area contributed by atoms with Crippen LogP contribution in [0.2, 0.25) is 5.02 Å². The summed E-state index contributed by atoms with van der Waals surface area (Å²) in [5.41, 5.74) is 2.99. The van der Waals surface area contributed by atoms with Gasteiger partial charge < -0.3 is 30.9 Å². The van der Waals surface area contributed by atoms with Crippen molar-refractivity contribution in [1.82, 2.24) is 20.6 Å². The lowest BCUT2D eigenvalue weighted by Gasteiger charge is -2.30. The number of alkyl halides is 2. The molecule has 9 nitrogen and oxygen atoms in total. The normalized spacial score (nSPS) is 15.1. The lowest BCUT2D eigenvalue weighted by atomic mass is 10.1. The molecule has 0 bridgehead atoms. The van der Waals surface area contributed by atoms with Crippen LogP contribution >= 0.6 is 11.6 Å². The molecule has 12 heteroatoms. The molecule has 1 aromatic heterocycles. The predicted octanol–water partition coefficient (Wildman–Crippen LogP) is 3.87. The quantitative estimate of drug-likeness (QED) is 0.387. The Balaban J connectivity index is 1.41. The van der Waals surface area contributed by atoms with Crippen LogP contribution in [-0.4, -0.2) is 48.7 Å². The van der Waals surface area contributed by atoms with Gasteiger partial charge >= 0.3 is 6.61 Å². The summed E-state index contributed by atoms with van der Waals surface area (Å²) in [6, 6.07) is 10.5. The summed E-state index contributed by atoms with van der Waals surface area (Å²) in [5.74, 6) is 0.153. The highest BCUT2D eigenvalue weighted by Gasteiger charge is 2.23. The first-order valence-electron chi connectivity index (χ1n) is 11.0. The highest BCUT2D eigenvalue weighted by molar-refractivity contribution is 6.33. The number of amides is 1. The van der Waals surface area contributed by atoms with Gasteiger partial charge in [0.05, 0.1) is 23.1 Å². The first-order valence-corrected chi connectivity index (χ1v) is 11.4. The summed E-state index contributed by atoms with van der Waals surface area (Å²) < 4.78 is 31.1. The van der Waals surface area contributed by atoms with Gasteiger partial charge in [0.2, 0.25) is 5.95 Å². The van der Waals surface area contributed by atoms with Gasteiger partial charge in [0, 0.05) is 44.5 Å². The smallest absolute Gasteiger partial charge is 0.387 e. The monoisotopic (exact) mass is 501 g/mol.